The zero-order valence-corrected chi connectivity index (χ0v) is 17.9. The Balaban J connectivity index is 1.82. The highest BCUT2D eigenvalue weighted by Crippen LogP contribution is 2.27. The van der Waals surface area contributed by atoms with Crippen molar-refractivity contribution in [1.82, 2.24) is 19.9 Å². The number of rotatable bonds is 6. The number of fused-ring (bicyclic) bond motifs is 1. The highest BCUT2D eigenvalue weighted by atomic mass is 16.5. The smallest absolute Gasteiger partial charge is 0.204 e. The van der Waals surface area contributed by atoms with E-state index in [1.54, 1.807) is 7.11 Å². The van der Waals surface area contributed by atoms with E-state index in [0.717, 1.165) is 41.6 Å². The fraction of sp³-hybridized carbons (Fsp3) is 0.318. The topological polar surface area (TPSA) is 80.8 Å². The minimum absolute atomic E-state index is 0.612. The van der Waals surface area contributed by atoms with E-state index in [-0.39, 0.29) is 0 Å². The molecule has 0 saturated heterocycles. The van der Waals surface area contributed by atoms with Gasteiger partial charge in [0.2, 0.25) is 5.82 Å². The lowest BCUT2D eigenvalue weighted by Gasteiger charge is -2.20. The number of methoxy groups -OCH3 is 1. The van der Waals surface area contributed by atoms with E-state index in [2.05, 4.69) is 33.9 Å². The number of nitrogens with zero attached hydrogens (tertiary/aromatic N) is 7. The van der Waals surface area contributed by atoms with E-state index < -0.39 is 0 Å². The standard InChI is InChI=1S/C22H25N7O/c1-6-28(7-2)19-13-12-17(14(3)23-19)25-21-20(16-10-8-9-11-18(16)30-5)27-29-22(21)24-15(4)26-29/h8-13H,6-7H2,1-5H3. The third-order valence-corrected chi connectivity index (χ3v) is 5.05. The number of anilines is 1. The lowest BCUT2D eigenvalue weighted by molar-refractivity contribution is 0.414. The Morgan fingerprint density at radius 2 is 1.80 bits per heavy atom. The molecule has 3 aromatic rings. The molecule has 1 aliphatic heterocycles. The van der Waals surface area contributed by atoms with Crippen LogP contribution >= 0.6 is 0 Å². The maximum atomic E-state index is 5.54. The second kappa shape index (κ2) is 8.06. The van der Waals surface area contributed by atoms with Gasteiger partial charge in [-0.15, -0.1) is 15.0 Å². The van der Waals surface area contributed by atoms with E-state index in [0.29, 0.717) is 23.1 Å². The summed E-state index contributed by atoms with van der Waals surface area (Å²) in [5, 5.41) is 9.02. The Morgan fingerprint density at radius 1 is 1.03 bits per heavy atom. The Morgan fingerprint density at radius 3 is 2.50 bits per heavy atom. The van der Waals surface area contributed by atoms with E-state index in [9.17, 15) is 0 Å². The number of pyridine rings is 1. The summed E-state index contributed by atoms with van der Waals surface area (Å²) < 4.78 is 5.54. The van der Waals surface area contributed by atoms with Crippen molar-refractivity contribution in [3.8, 4) is 5.75 Å². The molecule has 0 atom stereocenters. The van der Waals surface area contributed by atoms with Crippen molar-refractivity contribution < 1.29 is 4.74 Å². The van der Waals surface area contributed by atoms with Crippen LogP contribution in [0.2, 0.25) is 0 Å². The quantitative estimate of drug-likeness (QED) is 0.629. The molecule has 0 bridgehead atoms. The second-order valence-electron chi connectivity index (χ2n) is 6.93. The average molecular weight is 403 g/mol. The minimum Gasteiger partial charge on any atom is -0.496 e. The molecule has 2 aromatic heterocycles. The van der Waals surface area contributed by atoms with Gasteiger partial charge >= 0.3 is 0 Å². The summed E-state index contributed by atoms with van der Waals surface area (Å²) >= 11 is 0. The lowest BCUT2D eigenvalue weighted by Crippen LogP contribution is -2.23. The first kappa shape index (κ1) is 19.8. The number of hydrogen-bond donors (Lipinski definition) is 0. The molecule has 3 heterocycles. The third-order valence-electron chi connectivity index (χ3n) is 5.05. The first-order valence-corrected chi connectivity index (χ1v) is 10.0. The van der Waals surface area contributed by atoms with Gasteiger partial charge in [0.1, 0.15) is 23.0 Å². The van der Waals surface area contributed by atoms with Crippen LogP contribution in [0.1, 0.15) is 36.8 Å². The highest BCUT2D eigenvalue weighted by molar-refractivity contribution is 6.54. The molecule has 8 nitrogen and oxygen atoms in total. The predicted octanol–water partition coefficient (Wildman–Crippen LogP) is 3.53. The summed E-state index contributed by atoms with van der Waals surface area (Å²) in [4.78, 5) is 18.0. The predicted molar refractivity (Wildman–Crippen MR) is 118 cm³/mol. The number of para-hydroxylation sites is 1. The Bertz CT molecular complexity index is 1140. The summed E-state index contributed by atoms with van der Waals surface area (Å²) in [6.45, 7) is 9.87. The largest absolute Gasteiger partial charge is 0.496 e. The SMILES string of the molecule is CCN(CC)c1ccc(N=C2C(c3ccccc3OC)=Nn3nc(C)nc32)c(C)n1. The number of benzene rings is 1. The first-order valence-electron chi connectivity index (χ1n) is 10.0. The molecule has 30 heavy (non-hydrogen) atoms. The summed E-state index contributed by atoms with van der Waals surface area (Å²) in [5.74, 6) is 2.93. The monoisotopic (exact) mass is 403 g/mol. The molecule has 0 aliphatic carbocycles. The van der Waals surface area contributed by atoms with Crippen LogP contribution in [0, 0.1) is 13.8 Å². The molecule has 154 valence electrons. The Labute approximate surface area is 176 Å². The van der Waals surface area contributed by atoms with Crippen LogP contribution in [0.25, 0.3) is 0 Å². The summed E-state index contributed by atoms with van der Waals surface area (Å²) in [7, 11) is 1.64. The Kier molecular flexibility index (Phi) is 5.31. The molecule has 0 unspecified atom stereocenters. The summed E-state index contributed by atoms with van der Waals surface area (Å²) in [6, 6.07) is 11.7. The van der Waals surface area contributed by atoms with Crippen molar-refractivity contribution in [3.05, 3.63) is 59.3 Å². The molecule has 1 aromatic carbocycles. The van der Waals surface area contributed by atoms with E-state index in [4.69, 9.17) is 14.7 Å². The van der Waals surface area contributed by atoms with Crippen LogP contribution in [0.15, 0.2) is 46.5 Å². The molecular formula is C22H25N7O. The van der Waals surface area contributed by atoms with Crippen LogP contribution in [0.4, 0.5) is 11.5 Å². The van der Waals surface area contributed by atoms with Crippen LogP contribution in [-0.4, -0.2) is 51.5 Å². The van der Waals surface area contributed by atoms with Crippen LogP contribution in [0.5, 0.6) is 5.75 Å². The number of ether oxygens (including phenoxy) is 1. The Hall–Kier alpha value is -3.55. The van der Waals surface area contributed by atoms with Gasteiger partial charge < -0.3 is 9.64 Å². The summed E-state index contributed by atoms with van der Waals surface area (Å²) in [5.41, 5.74) is 3.79. The maximum absolute atomic E-state index is 5.54. The van der Waals surface area contributed by atoms with Gasteiger partial charge in [0.25, 0.3) is 0 Å². The van der Waals surface area contributed by atoms with Crippen LogP contribution in [-0.2, 0) is 0 Å². The van der Waals surface area contributed by atoms with Crippen molar-refractivity contribution >= 4 is 22.9 Å². The second-order valence-corrected chi connectivity index (χ2v) is 6.93. The third kappa shape index (κ3) is 3.45. The maximum Gasteiger partial charge on any atom is 0.204 e. The summed E-state index contributed by atoms with van der Waals surface area (Å²) in [6.07, 6.45) is 0. The zero-order valence-electron chi connectivity index (χ0n) is 17.9. The van der Waals surface area contributed by atoms with Crippen LogP contribution in [0.3, 0.4) is 0 Å². The molecular weight excluding hydrogens is 378 g/mol. The van der Waals surface area contributed by atoms with Gasteiger partial charge in [-0.25, -0.2) is 15.0 Å². The molecule has 0 fully saturated rings. The molecule has 4 rings (SSSR count). The number of aromatic nitrogens is 4. The number of hydrogen-bond acceptors (Lipinski definition) is 7. The van der Waals surface area contributed by atoms with Crippen molar-refractivity contribution in [1.29, 1.82) is 0 Å². The van der Waals surface area contributed by atoms with Gasteiger partial charge in [0, 0.05) is 18.7 Å². The van der Waals surface area contributed by atoms with Gasteiger partial charge in [-0.05, 0) is 52.0 Å². The molecule has 0 spiro atoms. The molecule has 0 radical (unpaired) electrons. The van der Waals surface area contributed by atoms with Gasteiger partial charge in [0.15, 0.2) is 5.82 Å². The number of aliphatic imine (C=N–C) groups is 1. The average Bonchev–Trinajstić information content (AvgIpc) is 3.27. The van der Waals surface area contributed by atoms with Gasteiger partial charge in [0.05, 0.1) is 18.5 Å². The first-order chi connectivity index (χ1) is 14.5. The van der Waals surface area contributed by atoms with Crippen molar-refractivity contribution in [2.45, 2.75) is 27.7 Å². The zero-order chi connectivity index (χ0) is 21.3. The van der Waals surface area contributed by atoms with Gasteiger partial charge in [-0.2, -0.15) is 0 Å². The van der Waals surface area contributed by atoms with E-state index in [1.807, 2.05) is 50.2 Å². The molecule has 1 aliphatic rings. The van der Waals surface area contributed by atoms with Crippen molar-refractivity contribution in [2.24, 2.45) is 10.1 Å². The van der Waals surface area contributed by atoms with Crippen molar-refractivity contribution in [3.63, 3.8) is 0 Å². The number of aryl methyl sites for hydroxylation is 2. The lowest BCUT2D eigenvalue weighted by atomic mass is 10.0. The molecule has 0 amide bonds. The molecule has 8 heteroatoms. The molecule has 0 saturated carbocycles. The normalized spacial score (nSPS) is 14.0. The fourth-order valence-electron chi connectivity index (χ4n) is 3.50. The fourth-order valence-corrected chi connectivity index (χ4v) is 3.50. The van der Waals surface area contributed by atoms with E-state index >= 15 is 0 Å². The molecule has 0 N–H and O–H groups in total. The van der Waals surface area contributed by atoms with Crippen molar-refractivity contribution in [2.75, 3.05) is 25.1 Å². The minimum atomic E-state index is 0.612. The van der Waals surface area contributed by atoms with Gasteiger partial charge in [-0.3, -0.25) is 0 Å². The van der Waals surface area contributed by atoms with E-state index in [1.165, 1.54) is 4.79 Å². The van der Waals surface area contributed by atoms with Gasteiger partial charge in [-0.1, -0.05) is 12.1 Å². The van der Waals surface area contributed by atoms with Crippen LogP contribution < -0.4 is 9.64 Å². The highest BCUT2D eigenvalue weighted by Gasteiger charge is 2.29.